The lowest BCUT2D eigenvalue weighted by Crippen LogP contribution is -2.49. The Morgan fingerprint density at radius 3 is 2.18 bits per heavy atom. The Morgan fingerprint density at radius 2 is 1.56 bits per heavy atom. The maximum absolute atomic E-state index is 14.3. The molecule has 4 rings (SSSR count). The second-order valence-corrected chi connectivity index (χ2v) is 8.53. The molecule has 0 radical (unpaired) electrons. The van der Waals surface area contributed by atoms with E-state index in [1.807, 2.05) is 12.1 Å². The average Bonchev–Trinajstić information content (AvgIpc) is 3.39. The molecule has 11 heteroatoms. The number of nitrogens with zero attached hydrogens (tertiary/aromatic N) is 3. The summed E-state index contributed by atoms with van der Waals surface area (Å²) in [5.41, 5.74) is 2.42. The predicted molar refractivity (Wildman–Crippen MR) is 139 cm³/mol. The van der Waals surface area contributed by atoms with E-state index in [0.717, 1.165) is 17.2 Å². The molecule has 0 aliphatic rings. The second-order valence-electron chi connectivity index (χ2n) is 8.53. The highest BCUT2D eigenvalue weighted by Crippen LogP contribution is 2.20. The van der Waals surface area contributed by atoms with Crippen LogP contribution in [0.15, 0.2) is 85.1 Å². The number of carbonyl (C=O) groups is 3. The first-order chi connectivity index (χ1) is 18.9. The Labute approximate surface area is 223 Å². The van der Waals surface area contributed by atoms with Gasteiger partial charge < -0.3 is 20.1 Å². The van der Waals surface area contributed by atoms with Gasteiger partial charge in [0, 0.05) is 24.7 Å². The topological polar surface area (TPSA) is 124 Å². The Bertz CT molecular complexity index is 1430. The normalized spacial score (nSPS) is 11.3. The predicted octanol–water partition coefficient (Wildman–Crippen LogP) is 3.39. The fourth-order valence-electron chi connectivity index (χ4n) is 3.65. The summed E-state index contributed by atoms with van der Waals surface area (Å²) in [6, 6.07) is 20.5. The van der Waals surface area contributed by atoms with E-state index in [2.05, 4.69) is 20.9 Å². The largest absolute Gasteiger partial charge is 0.459 e. The molecule has 0 aliphatic carbocycles. The molecule has 3 aromatic carbocycles. The summed E-state index contributed by atoms with van der Waals surface area (Å²) in [5, 5.41) is 12.6. The molecule has 1 heterocycles. The molecule has 0 bridgehead atoms. The highest BCUT2D eigenvalue weighted by Gasteiger charge is 2.25. The van der Waals surface area contributed by atoms with Crippen LogP contribution in [0, 0.1) is 5.82 Å². The Hall–Kier alpha value is -5.06. The minimum atomic E-state index is -1.27. The summed E-state index contributed by atoms with van der Waals surface area (Å²) in [4.78, 5) is 38.2. The van der Waals surface area contributed by atoms with Crippen LogP contribution in [-0.2, 0) is 34.5 Å². The molecular weight excluding hydrogens is 505 g/mol. The molecule has 0 saturated heterocycles. The number of aromatic nitrogens is 3. The molecule has 39 heavy (non-hydrogen) atoms. The standard InChI is InChI=1S/C28H26FN5O5/c1-34-25(16-31-33-34)21-12-22(14-23(29)13-21)26(35)30-15-24(27(36)38-17-19-8-4-2-5-9-19)32-28(37)39-18-20-10-6-3-7-11-20/h2-14,16,24H,15,17-18H2,1H3,(H,30,35)(H,32,37)/t24-/m1/s1. The molecule has 0 fully saturated rings. The third-order valence-corrected chi connectivity index (χ3v) is 5.65. The molecule has 2 amide bonds. The van der Waals surface area contributed by atoms with Gasteiger partial charge in [0.25, 0.3) is 5.91 Å². The second kappa shape index (κ2) is 13.0. The molecule has 1 aromatic heterocycles. The van der Waals surface area contributed by atoms with Gasteiger partial charge in [-0.1, -0.05) is 65.9 Å². The molecule has 0 aliphatic heterocycles. The molecule has 1 atom stereocenters. The number of aryl methyl sites for hydroxylation is 1. The van der Waals surface area contributed by atoms with E-state index >= 15 is 0 Å². The van der Waals surface area contributed by atoms with Crippen LogP contribution in [0.1, 0.15) is 21.5 Å². The van der Waals surface area contributed by atoms with Crippen LogP contribution in [-0.4, -0.2) is 45.6 Å². The van der Waals surface area contributed by atoms with Crippen LogP contribution >= 0.6 is 0 Å². The van der Waals surface area contributed by atoms with Gasteiger partial charge in [0.1, 0.15) is 25.1 Å². The average molecular weight is 532 g/mol. The number of halogens is 1. The van der Waals surface area contributed by atoms with Crippen LogP contribution in [0.2, 0.25) is 0 Å². The van der Waals surface area contributed by atoms with Crippen LogP contribution in [0.5, 0.6) is 0 Å². The number of nitrogens with one attached hydrogen (secondary N) is 2. The molecular formula is C28H26FN5O5. The highest BCUT2D eigenvalue weighted by atomic mass is 19.1. The monoisotopic (exact) mass is 531 g/mol. The van der Waals surface area contributed by atoms with Gasteiger partial charge >= 0.3 is 12.1 Å². The van der Waals surface area contributed by atoms with Crippen molar-refractivity contribution in [2.45, 2.75) is 19.3 Å². The number of alkyl carbamates (subject to hydrolysis) is 1. The zero-order valence-electron chi connectivity index (χ0n) is 21.0. The van der Waals surface area contributed by atoms with Crippen molar-refractivity contribution in [3.63, 3.8) is 0 Å². The number of amides is 2. The van der Waals surface area contributed by atoms with Gasteiger partial charge in [-0.15, -0.1) is 5.10 Å². The summed E-state index contributed by atoms with van der Waals surface area (Å²) < 4.78 is 26.3. The minimum absolute atomic E-state index is 0.00857. The number of carbonyl (C=O) groups excluding carboxylic acids is 3. The van der Waals surface area contributed by atoms with Crippen molar-refractivity contribution in [2.75, 3.05) is 6.54 Å². The third kappa shape index (κ3) is 7.71. The van der Waals surface area contributed by atoms with Crippen LogP contribution in [0.3, 0.4) is 0 Å². The van der Waals surface area contributed by atoms with Crippen molar-refractivity contribution >= 4 is 18.0 Å². The summed E-state index contributed by atoms with van der Waals surface area (Å²) in [5.74, 6) is -2.08. The quantitative estimate of drug-likeness (QED) is 0.301. The maximum atomic E-state index is 14.3. The fraction of sp³-hybridized carbons (Fsp3) is 0.179. The van der Waals surface area contributed by atoms with Crippen molar-refractivity contribution < 1.29 is 28.2 Å². The number of rotatable bonds is 10. The molecule has 4 aromatic rings. The van der Waals surface area contributed by atoms with E-state index in [0.29, 0.717) is 11.3 Å². The molecule has 2 N–H and O–H groups in total. The number of hydrogen-bond donors (Lipinski definition) is 2. The molecule has 0 unspecified atom stereocenters. The van der Waals surface area contributed by atoms with E-state index in [4.69, 9.17) is 9.47 Å². The van der Waals surface area contributed by atoms with Crippen molar-refractivity contribution in [1.29, 1.82) is 0 Å². The van der Waals surface area contributed by atoms with E-state index in [-0.39, 0.29) is 25.3 Å². The molecule has 200 valence electrons. The maximum Gasteiger partial charge on any atom is 0.408 e. The van der Waals surface area contributed by atoms with E-state index in [1.54, 1.807) is 55.6 Å². The first kappa shape index (κ1) is 27.0. The van der Waals surface area contributed by atoms with Gasteiger partial charge in [-0.3, -0.25) is 4.79 Å². The van der Waals surface area contributed by atoms with Crippen LogP contribution in [0.4, 0.5) is 9.18 Å². The van der Waals surface area contributed by atoms with Crippen molar-refractivity contribution in [1.82, 2.24) is 25.6 Å². The smallest absolute Gasteiger partial charge is 0.408 e. The Morgan fingerprint density at radius 1 is 0.923 bits per heavy atom. The van der Waals surface area contributed by atoms with Gasteiger partial charge in [0.15, 0.2) is 0 Å². The number of benzene rings is 3. The van der Waals surface area contributed by atoms with Gasteiger partial charge in [-0.2, -0.15) is 0 Å². The summed E-state index contributed by atoms with van der Waals surface area (Å²) in [7, 11) is 1.64. The lowest BCUT2D eigenvalue weighted by Gasteiger charge is -2.18. The van der Waals surface area contributed by atoms with Gasteiger partial charge in [-0.05, 0) is 29.3 Å². The summed E-state index contributed by atoms with van der Waals surface area (Å²) >= 11 is 0. The lowest BCUT2D eigenvalue weighted by molar-refractivity contribution is -0.147. The van der Waals surface area contributed by atoms with Crippen LogP contribution in [0.25, 0.3) is 11.3 Å². The van der Waals surface area contributed by atoms with Gasteiger partial charge in [0.05, 0.1) is 11.9 Å². The van der Waals surface area contributed by atoms with Crippen molar-refractivity contribution in [3.8, 4) is 11.3 Å². The molecule has 10 nitrogen and oxygen atoms in total. The molecule has 0 saturated carbocycles. The Kier molecular flexibility index (Phi) is 8.96. The third-order valence-electron chi connectivity index (χ3n) is 5.65. The fourth-order valence-corrected chi connectivity index (χ4v) is 3.65. The van der Waals surface area contributed by atoms with E-state index in [9.17, 15) is 18.8 Å². The van der Waals surface area contributed by atoms with Gasteiger partial charge in [0.2, 0.25) is 0 Å². The lowest BCUT2D eigenvalue weighted by atomic mass is 10.1. The van der Waals surface area contributed by atoms with Crippen LogP contribution < -0.4 is 10.6 Å². The minimum Gasteiger partial charge on any atom is -0.459 e. The first-order valence-electron chi connectivity index (χ1n) is 12.0. The Balaban J connectivity index is 1.43. The highest BCUT2D eigenvalue weighted by molar-refractivity contribution is 5.96. The number of hydrogen-bond acceptors (Lipinski definition) is 7. The van der Waals surface area contributed by atoms with Crippen molar-refractivity contribution in [2.24, 2.45) is 7.05 Å². The van der Waals surface area contributed by atoms with Gasteiger partial charge in [-0.25, -0.2) is 18.7 Å². The van der Waals surface area contributed by atoms with E-state index < -0.39 is 29.8 Å². The first-order valence-corrected chi connectivity index (χ1v) is 12.0. The summed E-state index contributed by atoms with van der Waals surface area (Å²) in [6.45, 7) is -0.372. The summed E-state index contributed by atoms with van der Waals surface area (Å²) in [6.07, 6.45) is 0.576. The SMILES string of the molecule is Cn1nncc1-c1cc(F)cc(C(=O)NC[C@@H](NC(=O)OCc2ccccc2)C(=O)OCc2ccccc2)c1. The number of esters is 1. The zero-order valence-corrected chi connectivity index (χ0v) is 21.0. The van der Waals surface area contributed by atoms with E-state index in [1.165, 1.54) is 23.0 Å². The number of ether oxygens (including phenoxy) is 2. The van der Waals surface area contributed by atoms with Crippen molar-refractivity contribution in [3.05, 3.63) is 108 Å². The zero-order chi connectivity index (χ0) is 27.6. The molecule has 0 spiro atoms.